The van der Waals surface area contributed by atoms with E-state index in [1.165, 1.54) is 0 Å². The molecule has 2 heterocycles. The van der Waals surface area contributed by atoms with Crippen LogP contribution in [0.2, 0.25) is 0 Å². The second-order valence-corrected chi connectivity index (χ2v) is 8.92. The summed E-state index contributed by atoms with van der Waals surface area (Å²) in [7, 11) is -3.17. The molecular weight excluding hydrogens is 314 g/mol. The lowest BCUT2D eigenvalue weighted by Gasteiger charge is -2.40. The Labute approximate surface area is 129 Å². The highest BCUT2D eigenvalue weighted by Crippen LogP contribution is 2.39. The fraction of sp³-hybridized carbons (Fsp3) is 0.846. The smallest absolute Gasteiger partial charge is 0.413 e. The molecule has 22 heavy (non-hydrogen) atoms. The monoisotopic (exact) mass is 335 g/mol. The SMILES string of the molecule is CC(C)(C)OC(=O)N1C(C(=O)O)COC12CCS(=O)(=O)CC2. The molecule has 9 heteroatoms. The van der Waals surface area contributed by atoms with Crippen molar-refractivity contribution in [1.29, 1.82) is 0 Å². The summed E-state index contributed by atoms with van der Waals surface area (Å²) >= 11 is 0. The fourth-order valence-electron chi connectivity index (χ4n) is 2.69. The predicted octanol–water partition coefficient (Wildman–Crippen LogP) is 0.612. The number of carbonyl (C=O) groups excluding carboxylic acids is 1. The van der Waals surface area contributed by atoms with Crippen molar-refractivity contribution in [1.82, 2.24) is 4.90 Å². The molecule has 1 amide bonds. The van der Waals surface area contributed by atoms with Gasteiger partial charge in [0, 0.05) is 12.8 Å². The lowest BCUT2D eigenvalue weighted by atomic mass is 10.0. The van der Waals surface area contributed by atoms with Gasteiger partial charge in [-0.2, -0.15) is 0 Å². The van der Waals surface area contributed by atoms with Gasteiger partial charge in [-0.1, -0.05) is 0 Å². The van der Waals surface area contributed by atoms with E-state index >= 15 is 0 Å². The first-order valence-corrected chi connectivity index (χ1v) is 8.87. The lowest BCUT2D eigenvalue weighted by molar-refractivity contribution is -0.144. The Morgan fingerprint density at radius 2 is 1.82 bits per heavy atom. The van der Waals surface area contributed by atoms with Gasteiger partial charge in [0.1, 0.15) is 11.3 Å². The van der Waals surface area contributed by atoms with Gasteiger partial charge in [0.2, 0.25) is 0 Å². The molecule has 0 saturated carbocycles. The predicted molar refractivity (Wildman–Crippen MR) is 76.1 cm³/mol. The molecule has 2 aliphatic rings. The maximum atomic E-state index is 12.4. The van der Waals surface area contributed by atoms with Crippen molar-refractivity contribution in [2.45, 2.75) is 51.0 Å². The molecule has 126 valence electrons. The Balaban J connectivity index is 2.29. The molecule has 1 atom stereocenters. The van der Waals surface area contributed by atoms with Crippen LogP contribution in [0, 0.1) is 0 Å². The molecule has 2 aliphatic heterocycles. The molecule has 1 N–H and O–H groups in total. The van der Waals surface area contributed by atoms with Gasteiger partial charge in [-0.25, -0.2) is 18.0 Å². The van der Waals surface area contributed by atoms with Crippen LogP contribution in [0.4, 0.5) is 4.79 Å². The molecule has 0 aromatic rings. The van der Waals surface area contributed by atoms with Crippen molar-refractivity contribution in [3.63, 3.8) is 0 Å². The highest BCUT2D eigenvalue weighted by atomic mass is 32.2. The number of amides is 1. The first kappa shape index (κ1) is 17.0. The number of nitrogens with zero attached hydrogens (tertiary/aromatic N) is 1. The number of ether oxygens (including phenoxy) is 2. The first-order valence-electron chi connectivity index (χ1n) is 7.05. The molecule has 0 aromatic carbocycles. The van der Waals surface area contributed by atoms with Gasteiger partial charge in [0.25, 0.3) is 0 Å². The molecule has 2 rings (SSSR count). The third-order valence-corrected chi connectivity index (χ3v) is 5.40. The van der Waals surface area contributed by atoms with Crippen molar-refractivity contribution in [3.8, 4) is 0 Å². The summed E-state index contributed by atoms with van der Waals surface area (Å²) < 4.78 is 34.1. The quantitative estimate of drug-likeness (QED) is 0.747. The number of hydrogen-bond donors (Lipinski definition) is 1. The Kier molecular flexibility index (Phi) is 4.16. The van der Waals surface area contributed by atoms with E-state index in [2.05, 4.69) is 0 Å². The van der Waals surface area contributed by atoms with Gasteiger partial charge < -0.3 is 14.6 Å². The maximum Gasteiger partial charge on any atom is 0.413 e. The molecule has 8 nitrogen and oxygen atoms in total. The Hall–Kier alpha value is -1.35. The number of rotatable bonds is 1. The van der Waals surface area contributed by atoms with E-state index in [0.717, 1.165) is 4.90 Å². The topological polar surface area (TPSA) is 110 Å². The first-order chi connectivity index (χ1) is 9.96. The van der Waals surface area contributed by atoms with Crippen LogP contribution in [0.5, 0.6) is 0 Å². The van der Waals surface area contributed by atoms with E-state index in [1.54, 1.807) is 20.8 Å². The average Bonchev–Trinajstić information content (AvgIpc) is 2.71. The van der Waals surface area contributed by atoms with Gasteiger partial charge >= 0.3 is 12.1 Å². The molecule has 0 radical (unpaired) electrons. The van der Waals surface area contributed by atoms with Crippen LogP contribution >= 0.6 is 0 Å². The zero-order chi connectivity index (χ0) is 16.8. The summed E-state index contributed by atoms with van der Waals surface area (Å²) in [6.45, 7) is 4.86. The van der Waals surface area contributed by atoms with E-state index in [4.69, 9.17) is 9.47 Å². The number of carbonyl (C=O) groups is 2. The lowest BCUT2D eigenvalue weighted by Crippen LogP contribution is -2.57. The molecule has 1 unspecified atom stereocenters. The van der Waals surface area contributed by atoms with Gasteiger partial charge in [0.05, 0.1) is 18.1 Å². The highest BCUT2D eigenvalue weighted by molar-refractivity contribution is 7.91. The maximum absolute atomic E-state index is 12.4. The Morgan fingerprint density at radius 1 is 1.27 bits per heavy atom. The fourth-order valence-corrected chi connectivity index (χ4v) is 4.15. The third-order valence-electron chi connectivity index (χ3n) is 3.74. The number of carboxylic acids is 1. The van der Waals surface area contributed by atoms with Crippen LogP contribution in [-0.4, -0.2) is 66.0 Å². The third kappa shape index (κ3) is 3.35. The van der Waals surface area contributed by atoms with E-state index in [9.17, 15) is 23.1 Å². The summed E-state index contributed by atoms with van der Waals surface area (Å²) in [4.78, 5) is 24.9. The van der Waals surface area contributed by atoms with Crippen LogP contribution in [0.1, 0.15) is 33.6 Å². The molecule has 2 fully saturated rings. The van der Waals surface area contributed by atoms with Gasteiger partial charge in [-0.15, -0.1) is 0 Å². The van der Waals surface area contributed by atoms with Gasteiger partial charge in [-0.05, 0) is 20.8 Å². The van der Waals surface area contributed by atoms with Crippen molar-refractivity contribution >= 4 is 21.9 Å². The van der Waals surface area contributed by atoms with Crippen LogP contribution in [0.3, 0.4) is 0 Å². The minimum Gasteiger partial charge on any atom is -0.480 e. The van der Waals surface area contributed by atoms with Crippen molar-refractivity contribution in [2.24, 2.45) is 0 Å². The van der Waals surface area contributed by atoms with Gasteiger partial charge in [-0.3, -0.25) is 4.90 Å². The molecular formula is C13H21NO7S. The summed E-state index contributed by atoms with van der Waals surface area (Å²) in [5.41, 5.74) is -2.00. The highest BCUT2D eigenvalue weighted by Gasteiger charge is 2.56. The number of hydrogen-bond acceptors (Lipinski definition) is 6. The summed E-state index contributed by atoms with van der Waals surface area (Å²) in [5, 5.41) is 9.30. The summed E-state index contributed by atoms with van der Waals surface area (Å²) in [6.07, 6.45) is -0.687. The van der Waals surface area contributed by atoms with Crippen molar-refractivity contribution in [3.05, 3.63) is 0 Å². The zero-order valence-corrected chi connectivity index (χ0v) is 13.7. The molecule has 1 spiro atoms. The molecule has 0 aromatic heterocycles. The standard InChI is InChI=1S/C13H21NO7S/c1-12(2,3)21-11(17)14-9(10(15)16)8-20-13(14)4-6-22(18,19)7-5-13/h9H,4-8H2,1-3H3,(H,15,16). The Bertz CT molecular complexity index is 564. The molecule has 0 bridgehead atoms. The zero-order valence-electron chi connectivity index (χ0n) is 12.9. The van der Waals surface area contributed by atoms with Crippen molar-refractivity contribution < 1.29 is 32.6 Å². The van der Waals surface area contributed by atoms with Crippen molar-refractivity contribution in [2.75, 3.05) is 18.1 Å². The van der Waals surface area contributed by atoms with Crippen LogP contribution in [0.15, 0.2) is 0 Å². The van der Waals surface area contributed by atoms with E-state index in [1.807, 2.05) is 0 Å². The Morgan fingerprint density at radius 3 is 2.27 bits per heavy atom. The second kappa shape index (κ2) is 5.38. The number of aliphatic carboxylic acids is 1. The largest absolute Gasteiger partial charge is 0.480 e. The summed E-state index contributed by atoms with van der Waals surface area (Å²) in [5.74, 6) is -1.48. The normalized spacial score (nSPS) is 26.9. The van der Waals surface area contributed by atoms with E-state index in [0.29, 0.717) is 0 Å². The number of sulfone groups is 1. The van der Waals surface area contributed by atoms with E-state index in [-0.39, 0.29) is 31.0 Å². The molecule has 0 aliphatic carbocycles. The van der Waals surface area contributed by atoms with Gasteiger partial charge in [0.15, 0.2) is 15.9 Å². The molecule has 2 saturated heterocycles. The minimum absolute atomic E-state index is 0.0539. The summed E-state index contributed by atoms with van der Waals surface area (Å²) in [6, 6.07) is -1.17. The van der Waals surface area contributed by atoms with Crippen LogP contribution < -0.4 is 0 Å². The second-order valence-electron chi connectivity index (χ2n) is 6.61. The average molecular weight is 335 g/mol. The van der Waals surface area contributed by atoms with E-state index < -0.39 is 39.3 Å². The van der Waals surface area contributed by atoms with Crippen LogP contribution in [0.25, 0.3) is 0 Å². The van der Waals surface area contributed by atoms with Crippen LogP contribution in [-0.2, 0) is 24.1 Å². The minimum atomic E-state index is -3.17. The number of carboxylic acid groups (broad SMARTS) is 1.